The normalized spacial score (nSPS) is 27.8. The molecule has 0 aromatic rings. The molecule has 0 spiro atoms. The van der Waals surface area contributed by atoms with Crippen molar-refractivity contribution in [2.45, 2.75) is 83.1 Å². The van der Waals surface area contributed by atoms with Crippen LogP contribution in [0, 0.1) is 17.8 Å². The maximum Gasteiger partial charge on any atom is 0.00831 e. The first kappa shape index (κ1) is 14.8. The van der Waals surface area contributed by atoms with Crippen LogP contribution in [0.1, 0.15) is 77.6 Å². The van der Waals surface area contributed by atoms with Crippen LogP contribution in [-0.4, -0.2) is 18.8 Å². The van der Waals surface area contributed by atoms with Crippen molar-refractivity contribution in [3.8, 4) is 0 Å². The van der Waals surface area contributed by atoms with Gasteiger partial charge in [0.05, 0.1) is 0 Å². The summed E-state index contributed by atoms with van der Waals surface area (Å²) in [6.07, 6.45) is 17.1. The number of hydrogen-bond acceptors (Lipinski definition) is 0. The van der Waals surface area contributed by atoms with Gasteiger partial charge >= 0.3 is 0 Å². The van der Waals surface area contributed by atoms with E-state index in [1.807, 2.05) is 0 Å². The van der Waals surface area contributed by atoms with E-state index < -0.39 is 0 Å². The SMILES string of the molecule is CC(CC([SiH2][SiH3])C1CCCCC1)C1CCCCC1. The number of hydrogen-bond donors (Lipinski definition) is 0. The van der Waals surface area contributed by atoms with Crippen LogP contribution >= 0.6 is 0 Å². The standard InChI is InChI=1S/C16H34Si2/c1-13(14-8-4-2-5-9-14)12-16(18-17)15-10-6-3-7-11-15/h13-16H,2-12,18H2,1,17H3. The van der Waals surface area contributed by atoms with Crippen molar-refractivity contribution < 1.29 is 0 Å². The van der Waals surface area contributed by atoms with Crippen molar-refractivity contribution in [3.63, 3.8) is 0 Å². The van der Waals surface area contributed by atoms with Crippen LogP contribution in [0.15, 0.2) is 0 Å². The lowest BCUT2D eigenvalue weighted by Crippen LogP contribution is -2.24. The van der Waals surface area contributed by atoms with E-state index in [1.54, 1.807) is 54.7 Å². The summed E-state index contributed by atoms with van der Waals surface area (Å²) < 4.78 is 0. The summed E-state index contributed by atoms with van der Waals surface area (Å²) in [6, 6.07) is 0. The second kappa shape index (κ2) is 7.89. The highest BCUT2D eigenvalue weighted by molar-refractivity contribution is 6.90. The summed E-state index contributed by atoms with van der Waals surface area (Å²) in [5.41, 5.74) is 1.24. The van der Waals surface area contributed by atoms with Crippen LogP contribution in [0.25, 0.3) is 0 Å². The summed E-state index contributed by atoms with van der Waals surface area (Å²) in [7, 11) is 1.91. The fourth-order valence-corrected chi connectivity index (χ4v) is 9.67. The lowest BCUT2D eigenvalue weighted by atomic mass is 9.76. The van der Waals surface area contributed by atoms with Crippen LogP contribution in [0.4, 0.5) is 0 Å². The minimum absolute atomic E-state index is 0.344. The highest BCUT2D eigenvalue weighted by Gasteiger charge is 2.27. The highest BCUT2D eigenvalue weighted by atomic mass is 29.1. The quantitative estimate of drug-likeness (QED) is 0.678. The molecule has 2 fully saturated rings. The molecule has 106 valence electrons. The molecule has 0 radical (unpaired) electrons. The molecule has 0 amide bonds. The van der Waals surface area contributed by atoms with Crippen LogP contribution in [0.5, 0.6) is 0 Å². The van der Waals surface area contributed by atoms with Crippen molar-refractivity contribution in [1.29, 1.82) is 0 Å². The fraction of sp³-hybridized carbons (Fsp3) is 1.00. The van der Waals surface area contributed by atoms with Gasteiger partial charge in [0.25, 0.3) is 0 Å². The average Bonchev–Trinajstić information content (AvgIpc) is 2.46. The maximum atomic E-state index is 2.59. The molecular weight excluding hydrogens is 248 g/mol. The van der Waals surface area contributed by atoms with Gasteiger partial charge in [0.15, 0.2) is 0 Å². The van der Waals surface area contributed by atoms with Crippen LogP contribution < -0.4 is 0 Å². The van der Waals surface area contributed by atoms with E-state index in [9.17, 15) is 0 Å². The Balaban J connectivity index is 1.80. The molecule has 0 aromatic heterocycles. The Morgan fingerprint density at radius 1 is 0.889 bits per heavy atom. The second-order valence-corrected chi connectivity index (χ2v) is 11.5. The lowest BCUT2D eigenvalue weighted by molar-refractivity contribution is 0.227. The Hall–Kier alpha value is 0.434. The molecule has 0 saturated heterocycles. The minimum atomic E-state index is 0.344. The van der Waals surface area contributed by atoms with Crippen molar-refractivity contribution in [2.75, 3.05) is 0 Å². The Kier molecular flexibility index (Phi) is 6.50. The van der Waals surface area contributed by atoms with E-state index in [-0.39, 0.29) is 0 Å². The molecule has 18 heavy (non-hydrogen) atoms. The number of rotatable bonds is 5. The lowest BCUT2D eigenvalue weighted by Gasteiger charge is -2.35. The monoisotopic (exact) mass is 282 g/mol. The zero-order valence-electron chi connectivity index (χ0n) is 12.8. The third kappa shape index (κ3) is 4.23. The molecule has 2 aliphatic rings. The molecule has 2 rings (SSSR count). The third-order valence-corrected chi connectivity index (χ3v) is 11.2. The Morgan fingerprint density at radius 3 is 1.89 bits per heavy atom. The molecule has 0 aliphatic heterocycles. The molecule has 2 aliphatic carbocycles. The van der Waals surface area contributed by atoms with Gasteiger partial charge in [-0.15, -0.1) is 0 Å². The topological polar surface area (TPSA) is 0 Å². The molecule has 2 heteroatoms. The Labute approximate surface area is 120 Å². The highest BCUT2D eigenvalue weighted by Crippen LogP contribution is 2.40. The van der Waals surface area contributed by atoms with Crippen LogP contribution in [0.2, 0.25) is 5.54 Å². The first-order valence-corrected chi connectivity index (χ1v) is 15.3. The molecule has 0 nitrogen and oxygen atoms in total. The van der Waals surface area contributed by atoms with Crippen LogP contribution in [0.3, 0.4) is 0 Å². The molecule has 2 atom stereocenters. The van der Waals surface area contributed by atoms with Crippen molar-refractivity contribution in [2.24, 2.45) is 17.8 Å². The summed E-state index contributed by atoms with van der Waals surface area (Å²) in [5.74, 6) is 3.33. The van der Waals surface area contributed by atoms with E-state index in [4.69, 9.17) is 0 Å². The molecular formula is C16H34Si2. The van der Waals surface area contributed by atoms with Gasteiger partial charge < -0.3 is 0 Å². The summed E-state index contributed by atoms with van der Waals surface area (Å²) in [5, 5.41) is 0. The third-order valence-electron chi connectivity index (χ3n) is 5.97. The Morgan fingerprint density at radius 2 is 1.39 bits per heavy atom. The predicted octanol–water partition coefficient (Wildman–Crippen LogP) is 3.41. The van der Waals surface area contributed by atoms with E-state index in [0.717, 1.165) is 11.8 Å². The molecule has 0 aromatic carbocycles. The first-order chi connectivity index (χ1) is 8.81. The predicted molar refractivity (Wildman–Crippen MR) is 89.2 cm³/mol. The zero-order valence-corrected chi connectivity index (χ0v) is 16.2. The van der Waals surface area contributed by atoms with Gasteiger partial charge in [0, 0.05) is 9.04 Å². The molecule has 2 unspecified atom stereocenters. The van der Waals surface area contributed by atoms with Gasteiger partial charge in [-0.05, 0) is 27.5 Å². The van der Waals surface area contributed by atoms with Crippen molar-refractivity contribution in [1.82, 2.24) is 0 Å². The fourth-order valence-electron chi connectivity index (χ4n) is 4.67. The summed E-state index contributed by atoms with van der Waals surface area (Å²) in [4.78, 5) is 0. The summed E-state index contributed by atoms with van der Waals surface area (Å²) >= 11 is 0. The van der Waals surface area contributed by atoms with Gasteiger partial charge in [-0.3, -0.25) is 0 Å². The molecule has 2 saturated carbocycles. The van der Waals surface area contributed by atoms with Crippen molar-refractivity contribution >= 4 is 18.8 Å². The summed E-state index contributed by atoms with van der Waals surface area (Å²) in [6.45, 7) is 2.59. The molecule has 0 N–H and O–H groups in total. The Bertz CT molecular complexity index is 217. The smallest absolute Gasteiger partial charge is 0.00831 e. The van der Waals surface area contributed by atoms with Gasteiger partial charge in [-0.25, -0.2) is 0 Å². The van der Waals surface area contributed by atoms with E-state index in [0.29, 0.717) is 9.04 Å². The largest absolute Gasteiger partial charge is 0.0622 e. The van der Waals surface area contributed by atoms with Gasteiger partial charge in [-0.1, -0.05) is 83.1 Å². The molecule has 0 bridgehead atoms. The van der Waals surface area contributed by atoms with E-state index >= 15 is 0 Å². The van der Waals surface area contributed by atoms with E-state index in [2.05, 4.69) is 6.92 Å². The van der Waals surface area contributed by atoms with Gasteiger partial charge in [0.2, 0.25) is 0 Å². The first-order valence-electron chi connectivity index (χ1n) is 8.81. The van der Waals surface area contributed by atoms with E-state index in [1.165, 1.54) is 37.1 Å². The van der Waals surface area contributed by atoms with Crippen LogP contribution in [-0.2, 0) is 0 Å². The van der Waals surface area contributed by atoms with Gasteiger partial charge in [0.1, 0.15) is 0 Å². The molecule has 0 heterocycles. The van der Waals surface area contributed by atoms with Crippen molar-refractivity contribution in [3.05, 3.63) is 0 Å². The second-order valence-electron chi connectivity index (χ2n) is 7.18. The maximum absolute atomic E-state index is 2.59. The zero-order chi connectivity index (χ0) is 12.8. The van der Waals surface area contributed by atoms with Gasteiger partial charge in [-0.2, -0.15) is 0 Å². The minimum Gasteiger partial charge on any atom is -0.0622 e. The average molecular weight is 283 g/mol.